The molecule has 0 fully saturated rings. The van der Waals surface area contributed by atoms with Crippen LogP contribution < -0.4 is 0 Å². The molecule has 0 bridgehead atoms. The van der Waals surface area contributed by atoms with Gasteiger partial charge in [-0.05, 0) is 0 Å². The van der Waals surface area contributed by atoms with E-state index in [0.717, 1.165) is 29.9 Å². The summed E-state index contributed by atoms with van der Waals surface area (Å²) in [6.45, 7) is 0. The van der Waals surface area contributed by atoms with Crippen molar-refractivity contribution in [3.63, 3.8) is 0 Å². The second kappa shape index (κ2) is 7.88. The van der Waals surface area contributed by atoms with E-state index in [9.17, 15) is 17.6 Å². The van der Waals surface area contributed by atoms with Gasteiger partial charge in [-0.25, -0.2) is 0 Å². The van der Waals surface area contributed by atoms with Gasteiger partial charge in [-0.3, -0.25) is 0 Å². The number of hydrogen-bond acceptors (Lipinski definition) is 4. The first-order valence-corrected chi connectivity index (χ1v) is 17.5. The van der Waals surface area contributed by atoms with Gasteiger partial charge in [-0.2, -0.15) is 0 Å². The molecule has 0 atom stereocenters. The average Bonchev–Trinajstić information content (AvgIpc) is 3.68. The molecule has 0 saturated heterocycles. The monoisotopic (exact) mass is 684 g/mol. The average molecular weight is 683 g/mol. The van der Waals surface area contributed by atoms with E-state index < -0.39 is 23.3 Å². The Kier molecular flexibility index (Phi) is 4.87. The molecule has 0 unspecified atom stereocenters. The first kappa shape index (κ1) is 22.3. The van der Waals surface area contributed by atoms with Crippen molar-refractivity contribution in [2.45, 2.75) is 0 Å². The quantitative estimate of drug-likeness (QED) is 0.126. The summed E-state index contributed by atoms with van der Waals surface area (Å²) < 4.78 is 63.5. The molecule has 0 aliphatic heterocycles. The molecule has 0 aliphatic carbocycles. The van der Waals surface area contributed by atoms with Gasteiger partial charge in [0, 0.05) is 0 Å². The van der Waals surface area contributed by atoms with Crippen LogP contribution in [0.3, 0.4) is 0 Å². The van der Waals surface area contributed by atoms with E-state index in [1.54, 1.807) is 22.7 Å². The summed E-state index contributed by atoms with van der Waals surface area (Å²) in [5.74, 6) is -2.91. The normalized spacial score (nSPS) is 12.4. The molecule has 6 aromatic heterocycles. The Labute approximate surface area is 228 Å². The van der Waals surface area contributed by atoms with Gasteiger partial charge in [-0.15, -0.1) is 0 Å². The number of hydrogen-bond donors (Lipinski definition) is 0. The maximum atomic E-state index is 14.2. The summed E-state index contributed by atoms with van der Waals surface area (Å²) in [7, 11) is 0. The Morgan fingerprint density at radius 1 is 0.500 bits per heavy atom. The molecule has 6 heterocycles. The minimum absolute atomic E-state index is 0.316. The molecule has 8 rings (SSSR count). The molecule has 0 radical (unpaired) electrons. The summed E-state index contributed by atoms with van der Waals surface area (Å²) in [4.78, 5) is 4.31. The second-order valence-corrected chi connectivity index (χ2v) is 16.3. The zero-order valence-corrected chi connectivity index (χ0v) is 24.3. The van der Waals surface area contributed by atoms with E-state index in [2.05, 4.69) is 24.3 Å². The van der Waals surface area contributed by atoms with Gasteiger partial charge < -0.3 is 0 Å². The van der Waals surface area contributed by atoms with Gasteiger partial charge in [0.25, 0.3) is 0 Å². The van der Waals surface area contributed by atoms with Crippen molar-refractivity contribution < 1.29 is 17.6 Å². The molecule has 36 heavy (non-hydrogen) atoms. The van der Waals surface area contributed by atoms with Gasteiger partial charge in [0.2, 0.25) is 0 Å². The standard InChI is InChI=1S/C26H8F4S4Se2/c27-13-7-35-25(21(13)29)19-3-9-1-11-17(5-15(9)31-19)33-24-12-2-10-4-20(26-22(30)14(28)8-36-26)32-16(10)6-18(12)34-23(11)24/h1-8H. The number of halogens is 4. The third-order valence-corrected chi connectivity index (χ3v) is 15.5. The van der Waals surface area contributed by atoms with Crippen LogP contribution in [0, 0.1) is 23.3 Å². The fourth-order valence-corrected chi connectivity index (χ4v) is 13.4. The summed E-state index contributed by atoms with van der Waals surface area (Å²) >= 11 is 5.87. The summed E-state index contributed by atoms with van der Waals surface area (Å²) in [5, 5.41) is 4.44. The van der Waals surface area contributed by atoms with Crippen molar-refractivity contribution in [3.8, 4) is 18.6 Å². The fourth-order valence-electron chi connectivity index (χ4n) is 4.53. The van der Waals surface area contributed by atoms with Crippen molar-refractivity contribution in [2.75, 3.05) is 0 Å². The Morgan fingerprint density at radius 2 is 0.944 bits per heavy atom. The van der Waals surface area contributed by atoms with Crippen molar-refractivity contribution in [1.82, 2.24) is 0 Å². The third kappa shape index (κ3) is 3.14. The van der Waals surface area contributed by atoms with Gasteiger partial charge in [0.05, 0.1) is 0 Å². The summed E-state index contributed by atoms with van der Waals surface area (Å²) in [6.07, 6.45) is 0. The molecule has 8 aromatic rings. The number of thiophene rings is 4. The molecule has 0 saturated carbocycles. The van der Waals surface area contributed by atoms with Crippen LogP contribution in [0.15, 0.2) is 46.3 Å². The maximum absolute atomic E-state index is 14.2. The van der Waals surface area contributed by atoms with Crippen molar-refractivity contribution in [3.05, 3.63) is 69.5 Å². The number of rotatable bonds is 2. The number of benzene rings is 2. The predicted octanol–water partition coefficient (Wildman–Crippen LogP) is 9.70. The van der Waals surface area contributed by atoms with E-state index in [1.807, 2.05) is 12.1 Å². The SMILES string of the molecule is Fc1c[se]c(-c2cc3cc4c(cc3s2)sc2c3cc5cc(-c6[se]cc(F)c6F)sc5cc3sc42)c1F. The van der Waals surface area contributed by atoms with Crippen LogP contribution in [0.25, 0.3) is 68.4 Å². The van der Waals surface area contributed by atoms with Crippen LogP contribution in [0.4, 0.5) is 17.6 Å². The topological polar surface area (TPSA) is 0 Å². The Bertz CT molecular complexity index is 2010. The van der Waals surface area contributed by atoms with Gasteiger partial charge in [0.1, 0.15) is 0 Å². The second-order valence-electron chi connectivity index (χ2n) is 8.31. The minimum atomic E-state index is -0.739. The van der Waals surface area contributed by atoms with Crippen LogP contribution in [0.5, 0.6) is 0 Å². The van der Waals surface area contributed by atoms with Crippen LogP contribution >= 0.6 is 45.3 Å². The van der Waals surface area contributed by atoms with E-state index in [1.165, 1.54) is 62.1 Å². The molecule has 0 nitrogen and oxygen atoms in total. The summed E-state index contributed by atoms with van der Waals surface area (Å²) in [6, 6.07) is 12.6. The number of fused-ring (bicyclic) bond motifs is 7. The van der Waals surface area contributed by atoms with Crippen molar-refractivity contribution in [2.24, 2.45) is 0 Å². The van der Waals surface area contributed by atoms with Crippen LogP contribution in [-0.4, -0.2) is 29.0 Å². The van der Waals surface area contributed by atoms with Crippen molar-refractivity contribution in [1.29, 1.82) is 0 Å². The first-order valence-electron chi connectivity index (χ1n) is 10.6. The Balaban J connectivity index is 1.30. The van der Waals surface area contributed by atoms with E-state index in [-0.39, 0.29) is 29.0 Å². The zero-order valence-electron chi connectivity index (χ0n) is 17.6. The van der Waals surface area contributed by atoms with E-state index in [4.69, 9.17) is 0 Å². The zero-order chi connectivity index (χ0) is 24.3. The molecule has 2 aromatic carbocycles. The van der Waals surface area contributed by atoms with Crippen molar-refractivity contribution >= 4 is 124 Å². The molecular formula is C26H8F4S4Se2. The van der Waals surface area contributed by atoms with Crippen LogP contribution in [0.1, 0.15) is 0 Å². The van der Waals surface area contributed by atoms with Gasteiger partial charge >= 0.3 is 230 Å². The van der Waals surface area contributed by atoms with Crippen LogP contribution in [0.2, 0.25) is 0 Å². The van der Waals surface area contributed by atoms with Gasteiger partial charge in [0.15, 0.2) is 0 Å². The fraction of sp³-hybridized carbons (Fsp3) is 0. The van der Waals surface area contributed by atoms with E-state index in [0.29, 0.717) is 8.87 Å². The molecule has 0 N–H and O–H groups in total. The van der Waals surface area contributed by atoms with Gasteiger partial charge in [-0.1, -0.05) is 0 Å². The first-order chi connectivity index (χ1) is 17.4. The van der Waals surface area contributed by atoms with Crippen LogP contribution in [-0.2, 0) is 0 Å². The predicted molar refractivity (Wildman–Crippen MR) is 150 cm³/mol. The molecule has 0 amide bonds. The molecule has 0 aliphatic rings. The molecule has 0 spiro atoms. The molecular weight excluding hydrogens is 674 g/mol. The Hall–Kier alpha value is -1.74. The van der Waals surface area contributed by atoms with E-state index >= 15 is 0 Å². The third-order valence-electron chi connectivity index (χ3n) is 6.18. The Morgan fingerprint density at radius 3 is 1.33 bits per heavy atom. The molecule has 10 heteroatoms. The summed E-state index contributed by atoms with van der Waals surface area (Å²) in [5.41, 5.74) is 0. The molecule has 176 valence electrons.